The van der Waals surface area contributed by atoms with Crippen LogP contribution in [0.3, 0.4) is 0 Å². The maximum atomic E-state index is 12.3. The van der Waals surface area contributed by atoms with Gasteiger partial charge in [-0.2, -0.15) is 0 Å². The summed E-state index contributed by atoms with van der Waals surface area (Å²) in [6.07, 6.45) is 0.348. The van der Waals surface area contributed by atoms with Crippen LogP contribution in [0.15, 0.2) is 71.6 Å². The number of hydrogen-bond donors (Lipinski definition) is 1. The Labute approximate surface area is 152 Å². The van der Waals surface area contributed by atoms with Crippen LogP contribution in [-0.4, -0.2) is 15.7 Å². The smallest absolute Gasteiger partial charge is 0.467 e. The lowest BCUT2D eigenvalue weighted by Gasteiger charge is -2.10. The topological polar surface area (TPSA) is 51.7 Å². The lowest BCUT2D eigenvalue weighted by atomic mass is 10.1. The lowest BCUT2D eigenvalue weighted by molar-refractivity contribution is -0.274. The summed E-state index contributed by atoms with van der Waals surface area (Å²) in [7, 11) is 0. The van der Waals surface area contributed by atoms with Gasteiger partial charge in [-0.05, 0) is 54.1 Å². The number of hydrogen-bond acceptors (Lipinski definition) is 4. The molecule has 8 heteroatoms. The van der Waals surface area contributed by atoms with Gasteiger partial charge in [0.25, 0.3) is 0 Å². The number of nitrogens with one attached hydrogen (secondary N) is 1. The van der Waals surface area contributed by atoms with E-state index < -0.39 is 6.36 Å². The SMILES string of the molecule is FC(F)(F)Oc1ccc(-c2ccc3c(NCc4ccco4)nccn23)cc1. The molecule has 0 aliphatic carbocycles. The second-order valence-corrected chi connectivity index (χ2v) is 5.75. The molecule has 0 saturated heterocycles. The zero-order valence-corrected chi connectivity index (χ0v) is 13.9. The molecule has 0 atom stereocenters. The molecule has 0 aliphatic heterocycles. The molecule has 0 saturated carbocycles. The third-order valence-electron chi connectivity index (χ3n) is 3.97. The fourth-order valence-corrected chi connectivity index (χ4v) is 2.83. The second-order valence-electron chi connectivity index (χ2n) is 5.75. The molecule has 5 nitrogen and oxygen atoms in total. The first-order chi connectivity index (χ1) is 13.0. The molecule has 0 fully saturated rings. The van der Waals surface area contributed by atoms with Gasteiger partial charge in [-0.25, -0.2) is 4.98 Å². The molecular weight excluding hydrogens is 359 g/mol. The summed E-state index contributed by atoms with van der Waals surface area (Å²) in [5.74, 6) is 1.21. The Hall–Kier alpha value is -3.42. The summed E-state index contributed by atoms with van der Waals surface area (Å²) in [5.41, 5.74) is 2.43. The molecule has 0 aliphatic rings. The maximum Gasteiger partial charge on any atom is 0.573 e. The molecule has 0 unspecified atom stereocenters. The Morgan fingerprint density at radius 1 is 1.07 bits per heavy atom. The number of anilines is 1. The normalized spacial score (nSPS) is 11.7. The predicted molar refractivity (Wildman–Crippen MR) is 93.3 cm³/mol. The van der Waals surface area contributed by atoms with E-state index in [4.69, 9.17) is 4.42 Å². The minimum Gasteiger partial charge on any atom is -0.467 e. The largest absolute Gasteiger partial charge is 0.573 e. The zero-order valence-electron chi connectivity index (χ0n) is 13.9. The minimum atomic E-state index is -4.70. The van der Waals surface area contributed by atoms with Crippen molar-refractivity contribution in [3.05, 3.63) is 72.9 Å². The summed E-state index contributed by atoms with van der Waals surface area (Å²) in [6, 6.07) is 13.2. The number of alkyl halides is 3. The molecule has 0 bridgehead atoms. The van der Waals surface area contributed by atoms with Crippen molar-refractivity contribution in [1.29, 1.82) is 0 Å². The molecule has 138 valence electrons. The Bertz CT molecular complexity index is 1040. The molecule has 27 heavy (non-hydrogen) atoms. The van der Waals surface area contributed by atoms with E-state index in [9.17, 15) is 13.2 Å². The molecule has 4 aromatic rings. The maximum absolute atomic E-state index is 12.3. The van der Waals surface area contributed by atoms with Gasteiger partial charge >= 0.3 is 6.36 Å². The summed E-state index contributed by atoms with van der Waals surface area (Å²) in [4.78, 5) is 4.35. The molecule has 1 N–H and O–H groups in total. The van der Waals surface area contributed by atoms with Crippen LogP contribution in [-0.2, 0) is 6.54 Å². The third kappa shape index (κ3) is 3.74. The number of rotatable bonds is 5. The van der Waals surface area contributed by atoms with E-state index >= 15 is 0 Å². The van der Waals surface area contributed by atoms with Gasteiger partial charge in [0.2, 0.25) is 0 Å². The number of aromatic nitrogens is 2. The van der Waals surface area contributed by atoms with Gasteiger partial charge in [-0.1, -0.05) is 0 Å². The quantitative estimate of drug-likeness (QED) is 0.528. The van der Waals surface area contributed by atoms with Gasteiger partial charge in [-0.3, -0.25) is 0 Å². The average Bonchev–Trinajstić information content (AvgIpc) is 3.29. The van der Waals surface area contributed by atoms with Crippen molar-refractivity contribution in [3.63, 3.8) is 0 Å². The molecule has 4 rings (SSSR count). The van der Waals surface area contributed by atoms with Crippen LogP contribution >= 0.6 is 0 Å². The fourth-order valence-electron chi connectivity index (χ4n) is 2.83. The monoisotopic (exact) mass is 373 g/mol. The second kappa shape index (κ2) is 6.71. The Morgan fingerprint density at radius 2 is 1.89 bits per heavy atom. The number of benzene rings is 1. The van der Waals surface area contributed by atoms with Gasteiger partial charge in [0.15, 0.2) is 5.82 Å². The molecule has 1 aromatic carbocycles. The Kier molecular flexibility index (Phi) is 4.23. The molecule has 0 spiro atoms. The van der Waals surface area contributed by atoms with E-state index in [0.717, 1.165) is 22.5 Å². The van der Waals surface area contributed by atoms with Crippen molar-refractivity contribution in [3.8, 4) is 17.0 Å². The standard InChI is InChI=1S/C19H14F3N3O2/c20-19(21,22)27-14-5-3-13(4-6-14)16-7-8-17-18(23-9-10-25(16)17)24-12-15-2-1-11-26-15/h1-11H,12H2,(H,23,24). The summed E-state index contributed by atoms with van der Waals surface area (Å²) < 4.78 is 48.0. The first-order valence-electron chi connectivity index (χ1n) is 8.08. The average molecular weight is 373 g/mol. The third-order valence-corrected chi connectivity index (χ3v) is 3.97. The van der Waals surface area contributed by atoms with E-state index in [1.165, 1.54) is 12.1 Å². The van der Waals surface area contributed by atoms with E-state index in [-0.39, 0.29) is 5.75 Å². The number of nitrogens with zero attached hydrogens (tertiary/aromatic N) is 2. The van der Waals surface area contributed by atoms with Gasteiger partial charge in [0.05, 0.1) is 24.0 Å². The molecular formula is C19H14F3N3O2. The Morgan fingerprint density at radius 3 is 2.59 bits per heavy atom. The first kappa shape index (κ1) is 17.0. The van der Waals surface area contributed by atoms with Crippen molar-refractivity contribution in [2.45, 2.75) is 12.9 Å². The number of fused-ring (bicyclic) bond motifs is 1. The summed E-state index contributed by atoms with van der Waals surface area (Å²) >= 11 is 0. The van der Waals surface area contributed by atoms with Crippen LogP contribution in [0.2, 0.25) is 0 Å². The van der Waals surface area contributed by atoms with E-state index in [1.54, 1.807) is 30.8 Å². The predicted octanol–water partition coefficient (Wildman–Crippen LogP) is 5.11. The lowest BCUT2D eigenvalue weighted by Crippen LogP contribution is -2.16. The highest BCUT2D eigenvalue weighted by atomic mass is 19.4. The molecule has 3 aromatic heterocycles. The van der Waals surface area contributed by atoms with Crippen molar-refractivity contribution in [1.82, 2.24) is 9.38 Å². The highest BCUT2D eigenvalue weighted by Crippen LogP contribution is 2.29. The van der Waals surface area contributed by atoms with Crippen LogP contribution < -0.4 is 10.1 Å². The number of halogens is 3. The summed E-state index contributed by atoms with van der Waals surface area (Å²) in [6.45, 7) is 0.490. The van der Waals surface area contributed by atoms with Crippen LogP contribution in [0.25, 0.3) is 16.8 Å². The van der Waals surface area contributed by atoms with Crippen LogP contribution in [0, 0.1) is 0 Å². The highest BCUT2D eigenvalue weighted by molar-refractivity contribution is 5.75. The minimum absolute atomic E-state index is 0.255. The molecule has 0 amide bonds. The van der Waals surface area contributed by atoms with Crippen molar-refractivity contribution in [2.24, 2.45) is 0 Å². The van der Waals surface area contributed by atoms with Crippen molar-refractivity contribution < 1.29 is 22.3 Å². The first-order valence-corrected chi connectivity index (χ1v) is 8.08. The molecule has 0 radical (unpaired) electrons. The van der Waals surface area contributed by atoms with Crippen LogP contribution in [0.1, 0.15) is 5.76 Å². The number of ether oxygens (including phenoxy) is 1. The van der Waals surface area contributed by atoms with Gasteiger partial charge in [0, 0.05) is 12.4 Å². The number of furan rings is 1. The van der Waals surface area contributed by atoms with Gasteiger partial charge in [-0.15, -0.1) is 13.2 Å². The summed E-state index contributed by atoms with van der Waals surface area (Å²) in [5, 5.41) is 3.22. The van der Waals surface area contributed by atoms with Gasteiger partial charge < -0.3 is 18.9 Å². The van der Waals surface area contributed by atoms with E-state index in [2.05, 4.69) is 15.0 Å². The van der Waals surface area contributed by atoms with Crippen LogP contribution in [0.5, 0.6) is 5.75 Å². The van der Waals surface area contributed by atoms with Crippen molar-refractivity contribution in [2.75, 3.05) is 5.32 Å². The fraction of sp³-hybridized carbons (Fsp3) is 0.105. The molecule has 3 heterocycles. The van der Waals surface area contributed by atoms with Gasteiger partial charge in [0.1, 0.15) is 11.5 Å². The van der Waals surface area contributed by atoms with Crippen LogP contribution in [0.4, 0.5) is 19.0 Å². The van der Waals surface area contributed by atoms with E-state index in [1.807, 2.05) is 28.7 Å². The van der Waals surface area contributed by atoms with Crippen molar-refractivity contribution >= 4 is 11.3 Å². The zero-order chi connectivity index (χ0) is 18.9. The van der Waals surface area contributed by atoms with E-state index in [0.29, 0.717) is 12.4 Å². The Balaban J connectivity index is 1.60. The highest BCUT2D eigenvalue weighted by Gasteiger charge is 2.31.